The largest absolute Gasteiger partial charge is 0.406 e. The molecule has 0 unspecified atom stereocenters. The van der Waals surface area contributed by atoms with Gasteiger partial charge in [0, 0.05) is 44.3 Å². The van der Waals surface area contributed by atoms with Gasteiger partial charge in [0.25, 0.3) is 5.91 Å². The van der Waals surface area contributed by atoms with Crippen LogP contribution in [-0.2, 0) is 4.79 Å². The van der Waals surface area contributed by atoms with E-state index in [4.69, 9.17) is 0 Å². The Morgan fingerprint density at radius 1 is 1.14 bits per heavy atom. The standard InChI is InChI=1S/C18H24F3N5O2/c19-18(20,21)11-26-5-1-2-15(17(26)28)24-6-8-25(9-7-24)16(27)14-10-13(22-23-14)12-3-4-12/h10,12,15H,1-9,11H2,(H,22,23)/t15-/m1/s1. The van der Waals surface area contributed by atoms with Crippen LogP contribution in [0, 0.1) is 0 Å². The van der Waals surface area contributed by atoms with Gasteiger partial charge in [-0.3, -0.25) is 19.6 Å². The van der Waals surface area contributed by atoms with Crippen molar-refractivity contribution < 1.29 is 22.8 Å². The molecule has 0 spiro atoms. The molecule has 3 fully saturated rings. The second-order valence-electron chi connectivity index (χ2n) is 7.84. The number of aromatic amines is 1. The first-order chi connectivity index (χ1) is 13.3. The molecule has 28 heavy (non-hydrogen) atoms. The molecule has 7 nitrogen and oxygen atoms in total. The number of hydrogen-bond acceptors (Lipinski definition) is 4. The Hall–Kier alpha value is -2.10. The molecule has 1 atom stereocenters. The number of aromatic nitrogens is 2. The number of H-pyrrole nitrogens is 1. The molecule has 0 bridgehead atoms. The summed E-state index contributed by atoms with van der Waals surface area (Å²) >= 11 is 0. The summed E-state index contributed by atoms with van der Waals surface area (Å²) in [5.41, 5.74) is 1.40. The maximum atomic E-state index is 12.7. The summed E-state index contributed by atoms with van der Waals surface area (Å²) < 4.78 is 38.0. The predicted octanol–water partition coefficient (Wildman–Crippen LogP) is 1.60. The average molecular weight is 399 g/mol. The van der Waals surface area contributed by atoms with E-state index >= 15 is 0 Å². The molecule has 0 aromatic carbocycles. The molecule has 10 heteroatoms. The number of rotatable bonds is 4. The molecule has 0 radical (unpaired) electrons. The van der Waals surface area contributed by atoms with Crippen LogP contribution in [0.5, 0.6) is 0 Å². The van der Waals surface area contributed by atoms with Crippen LogP contribution in [0.4, 0.5) is 13.2 Å². The van der Waals surface area contributed by atoms with Gasteiger partial charge < -0.3 is 9.80 Å². The molecule has 2 saturated heterocycles. The topological polar surface area (TPSA) is 72.5 Å². The molecule has 2 amide bonds. The highest BCUT2D eigenvalue weighted by Gasteiger charge is 2.40. The minimum Gasteiger partial charge on any atom is -0.335 e. The van der Waals surface area contributed by atoms with Gasteiger partial charge in [0.1, 0.15) is 12.2 Å². The van der Waals surface area contributed by atoms with Gasteiger partial charge in [-0.15, -0.1) is 0 Å². The summed E-state index contributed by atoms with van der Waals surface area (Å²) in [5.74, 6) is -0.107. The van der Waals surface area contributed by atoms with E-state index in [1.165, 1.54) is 0 Å². The summed E-state index contributed by atoms with van der Waals surface area (Å²) in [7, 11) is 0. The van der Waals surface area contributed by atoms with Gasteiger partial charge in [-0.05, 0) is 31.7 Å². The molecule has 1 aromatic rings. The third-order valence-corrected chi connectivity index (χ3v) is 5.75. The van der Waals surface area contributed by atoms with E-state index in [-0.39, 0.29) is 12.5 Å². The summed E-state index contributed by atoms with van der Waals surface area (Å²) in [5, 5.41) is 7.05. The van der Waals surface area contributed by atoms with Crippen LogP contribution in [-0.4, -0.2) is 88.2 Å². The van der Waals surface area contributed by atoms with Crippen LogP contribution < -0.4 is 0 Å². The van der Waals surface area contributed by atoms with Crippen molar-refractivity contribution in [2.24, 2.45) is 0 Å². The lowest BCUT2D eigenvalue weighted by atomic mass is 10.0. The molecular formula is C18H24F3N5O2. The van der Waals surface area contributed by atoms with Crippen molar-refractivity contribution in [1.82, 2.24) is 24.9 Å². The zero-order valence-electron chi connectivity index (χ0n) is 15.5. The molecular weight excluding hydrogens is 375 g/mol. The van der Waals surface area contributed by atoms with Crippen LogP contribution >= 0.6 is 0 Å². The molecule has 154 valence electrons. The Bertz CT molecular complexity index is 738. The summed E-state index contributed by atoms with van der Waals surface area (Å²) in [4.78, 5) is 29.7. The first-order valence-corrected chi connectivity index (χ1v) is 9.76. The first kappa shape index (κ1) is 19.2. The molecule has 1 N–H and O–H groups in total. The van der Waals surface area contributed by atoms with E-state index in [1.807, 2.05) is 11.0 Å². The third kappa shape index (κ3) is 4.16. The van der Waals surface area contributed by atoms with Crippen molar-refractivity contribution >= 4 is 11.8 Å². The Balaban J connectivity index is 1.32. The lowest BCUT2D eigenvalue weighted by Crippen LogP contribution is -2.59. The Morgan fingerprint density at radius 2 is 1.86 bits per heavy atom. The van der Waals surface area contributed by atoms with Gasteiger partial charge in [0.05, 0.1) is 6.04 Å². The highest BCUT2D eigenvalue weighted by molar-refractivity contribution is 5.92. The fourth-order valence-corrected chi connectivity index (χ4v) is 4.08. The number of piperazine rings is 1. The summed E-state index contributed by atoms with van der Waals surface area (Å²) in [6, 6.07) is 1.28. The number of carbonyl (C=O) groups is 2. The predicted molar refractivity (Wildman–Crippen MR) is 93.7 cm³/mol. The van der Waals surface area contributed by atoms with Crippen molar-refractivity contribution in [3.63, 3.8) is 0 Å². The van der Waals surface area contributed by atoms with E-state index in [9.17, 15) is 22.8 Å². The number of piperidine rings is 1. The molecule has 1 aromatic heterocycles. The van der Waals surface area contributed by atoms with Crippen LogP contribution in [0.1, 0.15) is 47.8 Å². The van der Waals surface area contributed by atoms with E-state index in [0.29, 0.717) is 50.6 Å². The molecule has 3 heterocycles. The number of hydrogen-bond donors (Lipinski definition) is 1. The molecule has 2 aliphatic heterocycles. The zero-order valence-corrected chi connectivity index (χ0v) is 15.5. The number of alkyl halides is 3. The van der Waals surface area contributed by atoms with Crippen molar-refractivity contribution in [2.75, 3.05) is 39.3 Å². The van der Waals surface area contributed by atoms with Crippen LogP contribution in [0.25, 0.3) is 0 Å². The van der Waals surface area contributed by atoms with Crippen LogP contribution in [0.2, 0.25) is 0 Å². The monoisotopic (exact) mass is 399 g/mol. The highest BCUT2D eigenvalue weighted by Crippen LogP contribution is 2.39. The second-order valence-corrected chi connectivity index (χ2v) is 7.84. The fraction of sp³-hybridized carbons (Fsp3) is 0.722. The minimum absolute atomic E-state index is 0.142. The first-order valence-electron chi connectivity index (χ1n) is 9.76. The second kappa shape index (κ2) is 7.38. The highest BCUT2D eigenvalue weighted by atomic mass is 19.4. The van der Waals surface area contributed by atoms with E-state index in [0.717, 1.165) is 23.4 Å². The fourth-order valence-electron chi connectivity index (χ4n) is 4.08. The number of nitrogens with zero attached hydrogens (tertiary/aromatic N) is 4. The Kier molecular flexibility index (Phi) is 5.07. The Labute approximate surface area is 160 Å². The van der Waals surface area contributed by atoms with Crippen molar-refractivity contribution in [1.29, 1.82) is 0 Å². The van der Waals surface area contributed by atoms with E-state index < -0.39 is 24.7 Å². The number of likely N-dealkylation sites (tertiary alicyclic amines) is 1. The Morgan fingerprint density at radius 3 is 2.50 bits per heavy atom. The smallest absolute Gasteiger partial charge is 0.335 e. The number of carbonyl (C=O) groups excluding carboxylic acids is 2. The number of nitrogens with one attached hydrogen (secondary N) is 1. The van der Waals surface area contributed by atoms with Gasteiger partial charge in [0.15, 0.2) is 0 Å². The lowest BCUT2D eigenvalue weighted by molar-refractivity contribution is -0.168. The average Bonchev–Trinajstić information content (AvgIpc) is 3.39. The zero-order chi connectivity index (χ0) is 19.9. The molecule has 4 rings (SSSR count). The van der Waals surface area contributed by atoms with Gasteiger partial charge in [-0.1, -0.05) is 0 Å². The quantitative estimate of drug-likeness (QED) is 0.835. The van der Waals surface area contributed by atoms with E-state index in [1.54, 1.807) is 4.90 Å². The molecule has 1 saturated carbocycles. The number of amides is 2. The SMILES string of the molecule is O=C(c1cc(C2CC2)[nH]n1)N1CCN([C@@H]2CCCN(CC(F)(F)F)C2=O)CC1. The number of halogens is 3. The molecule has 1 aliphatic carbocycles. The lowest BCUT2D eigenvalue weighted by Gasteiger charge is -2.42. The summed E-state index contributed by atoms with van der Waals surface area (Å²) in [6.07, 6.45) is -1.02. The van der Waals surface area contributed by atoms with Crippen molar-refractivity contribution in [3.05, 3.63) is 17.5 Å². The summed E-state index contributed by atoms with van der Waals surface area (Å²) in [6.45, 7) is 0.782. The van der Waals surface area contributed by atoms with E-state index in [2.05, 4.69) is 10.2 Å². The van der Waals surface area contributed by atoms with Gasteiger partial charge in [0.2, 0.25) is 5.91 Å². The van der Waals surface area contributed by atoms with Crippen LogP contribution in [0.15, 0.2) is 6.07 Å². The normalized spacial score (nSPS) is 24.7. The van der Waals surface area contributed by atoms with Crippen LogP contribution in [0.3, 0.4) is 0 Å². The van der Waals surface area contributed by atoms with Gasteiger partial charge >= 0.3 is 6.18 Å². The van der Waals surface area contributed by atoms with Crippen molar-refractivity contribution in [3.8, 4) is 0 Å². The minimum atomic E-state index is -4.38. The van der Waals surface area contributed by atoms with Crippen molar-refractivity contribution in [2.45, 2.75) is 43.8 Å². The molecule has 3 aliphatic rings. The maximum absolute atomic E-state index is 12.7. The van der Waals surface area contributed by atoms with Gasteiger partial charge in [-0.25, -0.2) is 0 Å². The van der Waals surface area contributed by atoms with Gasteiger partial charge in [-0.2, -0.15) is 18.3 Å². The maximum Gasteiger partial charge on any atom is 0.406 e. The third-order valence-electron chi connectivity index (χ3n) is 5.75.